The van der Waals surface area contributed by atoms with Crippen LogP contribution in [-0.2, 0) is 17.6 Å². The number of oxazole rings is 1. The van der Waals surface area contributed by atoms with Crippen molar-refractivity contribution in [3.8, 4) is 0 Å². The first kappa shape index (κ1) is 15.2. The number of hydrogen-bond donors (Lipinski definition) is 1. The molecule has 1 N–H and O–H groups in total. The number of hydrogen-bond acceptors (Lipinski definition) is 4. The number of aromatic nitrogens is 1. The van der Waals surface area contributed by atoms with Crippen LogP contribution in [0.25, 0.3) is 0 Å². The lowest BCUT2D eigenvalue weighted by Crippen LogP contribution is -2.16. The smallest absolute Gasteiger partial charge is 0.194 e. The van der Waals surface area contributed by atoms with E-state index in [9.17, 15) is 0 Å². The zero-order chi connectivity index (χ0) is 13.2. The van der Waals surface area contributed by atoms with Crippen LogP contribution >= 0.6 is 0 Å². The Balaban J connectivity index is 2.21. The number of nitrogens with zero attached hydrogens (tertiary/aromatic N) is 1. The number of methoxy groups -OCH3 is 1. The zero-order valence-electron chi connectivity index (χ0n) is 11.9. The molecule has 0 aromatic carbocycles. The molecular weight excluding hydrogens is 228 g/mol. The second kappa shape index (κ2) is 9.11. The largest absolute Gasteiger partial charge is 0.446 e. The maximum Gasteiger partial charge on any atom is 0.194 e. The lowest BCUT2D eigenvalue weighted by atomic mass is 10.1. The number of ether oxygens (including phenoxy) is 1. The van der Waals surface area contributed by atoms with Gasteiger partial charge in [-0.3, -0.25) is 0 Å². The summed E-state index contributed by atoms with van der Waals surface area (Å²) < 4.78 is 10.8. The van der Waals surface area contributed by atoms with Gasteiger partial charge < -0.3 is 14.5 Å². The monoisotopic (exact) mass is 254 g/mol. The Bertz CT molecular complexity index is 312. The molecular formula is C14H26N2O2. The molecule has 4 heteroatoms. The Morgan fingerprint density at radius 3 is 3.00 bits per heavy atom. The molecule has 0 saturated carbocycles. The number of rotatable bonds is 10. The van der Waals surface area contributed by atoms with Crippen molar-refractivity contribution in [3.63, 3.8) is 0 Å². The molecule has 0 aliphatic carbocycles. The fourth-order valence-electron chi connectivity index (χ4n) is 1.91. The topological polar surface area (TPSA) is 47.3 Å². The second-order valence-electron chi connectivity index (χ2n) is 4.84. The van der Waals surface area contributed by atoms with Gasteiger partial charge in [0, 0.05) is 26.6 Å². The highest BCUT2D eigenvalue weighted by Gasteiger charge is 2.08. The molecule has 0 spiro atoms. The average Bonchev–Trinajstić information content (AvgIpc) is 2.77. The summed E-state index contributed by atoms with van der Waals surface area (Å²) in [6, 6.07) is 0. The molecule has 1 rings (SSSR count). The third kappa shape index (κ3) is 6.17. The Hall–Kier alpha value is -0.870. The molecule has 0 aliphatic heterocycles. The van der Waals surface area contributed by atoms with Crippen LogP contribution in [-0.4, -0.2) is 31.8 Å². The van der Waals surface area contributed by atoms with Gasteiger partial charge in [0.1, 0.15) is 5.76 Å². The molecule has 1 heterocycles. The first-order chi connectivity index (χ1) is 8.76. The second-order valence-corrected chi connectivity index (χ2v) is 4.84. The van der Waals surface area contributed by atoms with Crippen molar-refractivity contribution in [1.29, 1.82) is 0 Å². The lowest BCUT2D eigenvalue weighted by molar-refractivity contribution is 0.156. The van der Waals surface area contributed by atoms with Gasteiger partial charge in [-0.15, -0.1) is 0 Å². The predicted molar refractivity (Wildman–Crippen MR) is 72.7 cm³/mol. The van der Waals surface area contributed by atoms with Gasteiger partial charge in [0.2, 0.25) is 0 Å². The van der Waals surface area contributed by atoms with E-state index in [-0.39, 0.29) is 0 Å². The van der Waals surface area contributed by atoms with Gasteiger partial charge >= 0.3 is 0 Å². The third-order valence-corrected chi connectivity index (χ3v) is 2.77. The van der Waals surface area contributed by atoms with Crippen LogP contribution < -0.4 is 5.32 Å². The van der Waals surface area contributed by atoms with Crippen molar-refractivity contribution in [2.75, 3.05) is 26.8 Å². The predicted octanol–water partition coefficient (Wildman–Crippen LogP) is 2.43. The molecule has 0 amide bonds. The van der Waals surface area contributed by atoms with Gasteiger partial charge in [-0.05, 0) is 31.8 Å². The fraction of sp³-hybridized carbons (Fsp3) is 0.786. The van der Waals surface area contributed by atoms with Gasteiger partial charge in [0.25, 0.3) is 0 Å². The molecule has 0 bridgehead atoms. The van der Waals surface area contributed by atoms with Crippen molar-refractivity contribution < 1.29 is 9.15 Å². The highest BCUT2D eigenvalue weighted by atomic mass is 16.5. The third-order valence-electron chi connectivity index (χ3n) is 2.77. The normalized spacial score (nSPS) is 12.8. The molecule has 0 fully saturated rings. The van der Waals surface area contributed by atoms with Crippen molar-refractivity contribution in [3.05, 3.63) is 17.8 Å². The molecule has 104 valence electrons. The summed E-state index contributed by atoms with van der Waals surface area (Å²) in [4.78, 5) is 4.31. The zero-order valence-corrected chi connectivity index (χ0v) is 11.9. The summed E-state index contributed by atoms with van der Waals surface area (Å²) >= 11 is 0. The maximum atomic E-state index is 5.71. The number of nitrogens with one attached hydrogen (secondary N) is 1. The quantitative estimate of drug-likeness (QED) is 0.651. The van der Waals surface area contributed by atoms with Crippen molar-refractivity contribution in [1.82, 2.24) is 10.3 Å². The van der Waals surface area contributed by atoms with E-state index >= 15 is 0 Å². The Morgan fingerprint density at radius 2 is 2.28 bits per heavy atom. The molecule has 0 aliphatic rings. The van der Waals surface area contributed by atoms with Gasteiger partial charge in [0.15, 0.2) is 5.89 Å². The Labute approximate surface area is 110 Å². The van der Waals surface area contributed by atoms with Crippen LogP contribution in [0.1, 0.15) is 38.3 Å². The maximum absolute atomic E-state index is 5.71. The summed E-state index contributed by atoms with van der Waals surface area (Å²) in [5.41, 5.74) is 0. The first-order valence-electron chi connectivity index (χ1n) is 6.89. The molecule has 1 aromatic rings. The molecule has 1 aromatic heterocycles. The van der Waals surface area contributed by atoms with Gasteiger partial charge in [-0.25, -0.2) is 4.98 Å². The molecule has 18 heavy (non-hydrogen) atoms. The van der Waals surface area contributed by atoms with Gasteiger partial charge in [-0.2, -0.15) is 0 Å². The lowest BCUT2D eigenvalue weighted by Gasteiger charge is -2.06. The Morgan fingerprint density at radius 1 is 1.44 bits per heavy atom. The fourth-order valence-corrected chi connectivity index (χ4v) is 1.91. The summed E-state index contributed by atoms with van der Waals surface area (Å²) in [6.07, 6.45) is 5.92. The van der Waals surface area contributed by atoms with Crippen molar-refractivity contribution >= 4 is 0 Å². The number of aryl methyl sites for hydroxylation is 1. The summed E-state index contributed by atoms with van der Waals surface area (Å²) in [5, 5.41) is 3.38. The van der Waals surface area contributed by atoms with Crippen LogP contribution in [0.15, 0.2) is 10.6 Å². The average molecular weight is 254 g/mol. The molecule has 0 radical (unpaired) electrons. The van der Waals surface area contributed by atoms with E-state index in [4.69, 9.17) is 9.15 Å². The van der Waals surface area contributed by atoms with E-state index in [2.05, 4.69) is 24.1 Å². The van der Waals surface area contributed by atoms with E-state index in [0.29, 0.717) is 5.92 Å². The molecule has 1 atom stereocenters. The molecule has 4 nitrogen and oxygen atoms in total. The Kier molecular flexibility index (Phi) is 7.69. The van der Waals surface area contributed by atoms with Crippen LogP contribution in [0, 0.1) is 5.92 Å². The highest BCUT2D eigenvalue weighted by molar-refractivity contribution is 4.95. The van der Waals surface area contributed by atoms with E-state index < -0.39 is 0 Å². The van der Waals surface area contributed by atoms with Crippen LogP contribution in [0.4, 0.5) is 0 Å². The summed E-state index contributed by atoms with van der Waals surface area (Å²) in [5.74, 6) is 2.30. The minimum absolute atomic E-state index is 0.474. The van der Waals surface area contributed by atoms with Crippen LogP contribution in [0.5, 0.6) is 0 Å². The standard InChI is InChI=1S/C14H26N2O2/c1-4-7-15-8-5-6-14-16-10-13(18-14)9-12(2)11-17-3/h10,12,15H,4-9,11H2,1-3H3. The highest BCUT2D eigenvalue weighted by Crippen LogP contribution is 2.11. The molecule has 1 unspecified atom stereocenters. The summed E-state index contributed by atoms with van der Waals surface area (Å²) in [7, 11) is 1.73. The minimum Gasteiger partial charge on any atom is -0.446 e. The minimum atomic E-state index is 0.474. The van der Waals surface area contributed by atoms with Crippen LogP contribution in [0.3, 0.4) is 0 Å². The van der Waals surface area contributed by atoms with Gasteiger partial charge in [0.05, 0.1) is 6.20 Å². The van der Waals surface area contributed by atoms with Crippen molar-refractivity contribution in [2.45, 2.75) is 39.5 Å². The first-order valence-corrected chi connectivity index (χ1v) is 6.89. The summed E-state index contributed by atoms with van der Waals surface area (Å²) in [6.45, 7) is 7.21. The van der Waals surface area contributed by atoms with Crippen LogP contribution in [0.2, 0.25) is 0 Å². The van der Waals surface area contributed by atoms with E-state index in [1.54, 1.807) is 7.11 Å². The molecule has 0 saturated heterocycles. The van der Waals surface area contributed by atoms with Crippen molar-refractivity contribution in [2.24, 2.45) is 5.92 Å². The van der Waals surface area contributed by atoms with Gasteiger partial charge in [-0.1, -0.05) is 13.8 Å². The van der Waals surface area contributed by atoms with E-state index in [1.807, 2.05) is 6.20 Å². The SMILES string of the molecule is CCCNCCCc1ncc(CC(C)COC)o1. The van der Waals surface area contributed by atoms with E-state index in [1.165, 1.54) is 6.42 Å². The van der Waals surface area contributed by atoms with E-state index in [0.717, 1.165) is 50.6 Å².